The van der Waals surface area contributed by atoms with Gasteiger partial charge < -0.3 is 30.3 Å². The van der Waals surface area contributed by atoms with Gasteiger partial charge in [-0.1, -0.05) is 48.0 Å². The highest BCUT2D eigenvalue weighted by atomic mass is 35.5. The summed E-state index contributed by atoms with van der Waals surface area (Å²) in [6.07, 6.45) is 2.28. The molecule has 0 atom stereocenters. The molecule has 1 amide bonds. The Labute approximate surface area is 225 Å². The predicted octanol–water partition coefficient (Wildman–Crippen LogP) is 4.23. The van der Waals surface area contributed by atoms with Crippen LogP contribution >= 0.6 is 11.6 Å². The molecule has 0 aliphatic carbocycles. The first-order valence-corrected chi connectivity index (χ1v) is 12.6. The fraction of sp³-hybridized carbons (Fsp3) is 0.241. The molecule has 196 valence electrons. The topological polar surface area (TPSA) is 115 Å². The first kappa shape index (κ1) is 25.9. The average Bonchev–Trinajstić information content (AvgIpc) is 2.92. The molecule has 2 heterocycles. The van der Waals surface area contributed by atoms with Crippen molar-refractivity contribution in [1.29, 1.82) is 0 Å². The minimum Gasteiger partial charge on any atom is -0.496 e. The maximum atomic E-state index is 13.4. The standard InChI is InChI=1S/C29H28ClN3O5/c1-38-25-18-20(32-29(36,37)23-9-4-6-19-7-5-15-31-26(19)23)11-12-21(25)27(34)33-16-13-28(35,14-17-33)22-8-2-3-10-24(22)30/h2-12,15,18,32,35-37H,13-14,16-17H2,1H3. The maximum Gasteiger partial charge on any atom is 0.274 e. The quantitative estimate of drug-likeness (QED) is 0.274. The van der Waals surface area contributed by atoms with Gasteiger partial charge in [-0.15, -0.1) is 0 Å². The molecule has 3 aromatic carbocycles. The molecule has 0 spiro atoms. The van der Waals surface area contributed by atoms with Crippen LogP contribution in [-0.2, 0) is 11.5 Å². The molecule has 8 nitrogen and oxygen atoms in total. The second-order valence-corrected chi connectivity index (χ2v) is 9.80. The predicted molar refractivity (Wildman–Crippen MR) is 145 cm³/mol. The third-order valence-corrected chi connectivity index (χ3v) is 7.34. The molecule has 1 fully saturated rings. The van der Waals surface area contributed by atoms with Crippen molar-refractivity contribution >= 4 is 34.1 Å². The van der Waals surface area contributed by atoms with Crippen molar-refractivity contribution in [3.63, 3.8) is 0 Å². The Bertz CT molecular complexity index is 1480. The van der Waals surface area contributed by atoms with Crippen LogP contribution in [0.5, 0.6) is 5.75 Å². The number of anilines is 1. The summed E-state index contributed by atoms with van der Waals surface area (Å²) in [5.41, 5.74) is 0.870. The molecule has 0 radical (unpaired) electrons. The Morgan fingerprint density at radius 2 is 1.79 bits per heavy atom. The van der Waals surface area contributed by atoms with Gasteiger partial charge in [0.2, 0.25) is 0 Å². The zero-order chi connectivity index (χ0) is 26.9. The molecule has 0 unspecified atom stereocenters. The highest BCUT2D eigenvalue weighted by Crippen LogP contribution is 2.38. The third-order valence-electron chi connectivity index (χ3n) is 7.01. The van der Waals surface area contributed by atoms with Crippen molar-refractivity contribution < 1.29 is 24.9 Å². The number of benzene rings is 3. The van der Waals surface area contributed by atoms with Crippen molar-refractivity contribution in [2.24, 2.45) is 0 Å². The van der Waals surface area contributed by atoms with Crippen molar-refractivity contribution in [3.8, 4) is 5.75 Å². The van der Waals surface area contributed by atoms with E-state index in [0.29, 0.717) is 53.3 Å². The minimum atomic E-state index is -2.43. The number of aromatic nitrogens is 1. The van der Waals surface area contributed by atoms with E-state index in [1.807, 2.05) is 30.3 Å². The van der Waals surface area contributed by atoms with E-state index < -0.39 is 11.5 Å². The molecular formula is C29H28ClN3O5. The number of aliphatic hydroxyl groups is 3. The van der Waals surface area contributed by atoms with E-state index >= 15 is 0 Å². The molecule has 4 aromatic rings. The SMILES string of the molecule is COc1cc(NC(O)(O)c2cccc3cccnc23)ccc1C(=O)N1CCC(O)(c2ccccc2Cl)CC1. The van der Waals surface area contributed by atoms with Gasteiger partial charge in [0.1, 0.15) is 5.75 Å². The largest absolute Gasteiger partial charge is 0.496 e. The van der Waals surface area contributed by atoms with Gasteiger partial charge in [-0.2, -0.15) is 0 Å². The number of hydrogen-bond acceptors (Lipinski definition) is 7. The monoisotopic (exact) mass is 533 g/mol. The molecule has 0 bridgehead atoms. The molecule has 1 aromatic heterocycles. The second kappa shape index (κ2) is 10.2. The summed E-state index contributed by atoms with van der Waals surface area (Å²) < 4.78 is 5.48. The lowest BCUT2D eigenvalue weighted by atomic mass is 9.84. The van der Waals surface area contributed by atoms with E-state index in [4.69, 9.17) is 16.3 Å². The summed E-state index contributed by atoms with van der Waals surface area (Å²) >= 11 is 6.31. The smallest absolute Gasteiger partial charge is 0.274 e. The number of amides is 1. The van der Waals surface area contributed by atoms with Gasteiger partial charge >= 0.3 is 0 Å². The van der Waals surface area contributed by atoms with Gasteiger partial charge in [-0.25, -0.2) is 0 Å². The molecule has 5 rings (SSSR count). The molecule has 0 saturated carbocycles. The first-order valence-electron chi connectivity index (χ1n) is 12.2. The minimum absolute atomic E-state index is 0.189. The van der Waals surface area contributed by atoms with E-state index in [2.05, 4.69) is 10.3 Å². The number of piperidine rings is 1. The van der Waals surface area contributed by atoms with Crippen LogP contribution in [0.2, 0.25) is 5.02 Å². The molecule has 1 aliphatic heterocycles. The van der Waals surface area contributed by atoms with Crippen LogP contribution in [0, 0.1) is 0 Å². The number of halogens is 1. The van der Waals surface area contributed by atoms with Gasteiger partial charge in [-0.3, -0.25) is 9.78 Å². The van der Waals surface area contributed by atoms with Gasteiger partial charge in [-0.05, 0) is 43.2 Å². The number of hydrogen-bond donors (Lipinski definition) is 4. The number of fused-ring (bicyclic) bond motifs is 1. The lowest BCUT2D eigenvalue weighted by molar-refractivity contribution is -0.142. The van der Waals surface area contributed by atoms with E-state index in [-0.39, 0.29) is 17.2 Å². The van der Waals surface area contributed by atoms with Gasteiger partial charge in [0.25, 0.3) is 11.8 Å². The molecule has 1 saturated heterocycles. The zero-order valence-corrected chi connectivity index (χ0v) is 21.5. The maximum absolute atomic E-state index is 13.4. The number of rotatable bonds is 6. The molecule has 9 heteroatoms. The Kier molecular flexibility index (Phi) is 6.98. The highest BCUT2D eigenvalue weighted by molar-refractivity contribution is 6.31. The lowest BCUT2D eigenvalue weighted by Gasteiger charge is -2.39. The van der Waals surface area contributed by atoms with Gasteiger partial charge in [0, 0.05) is 47.0 Å². The van der Waals surface area contributed by atoms with Crippen LogP contribution in [0.1, 0.15) is 34.3 Å². The molecular weight excluding hydrogens is 506 g/mol. The van der Waals surface area contributed by atoms with E-state index in [9.17, 15) is 20.1 Å². The first-order chi connectivity index (χ1) is 18.2. The Morgan fingerprint density at radius 3 is 2.53 bits per heavy atom. The fourth-order valence-corrected chi connectivity index (χ4v) is 5.27. The third kappa shape index (κ3) is 4.91. The number of carbonyl (C=O) groups is 1. The average molecular weight is 534 g/mol. The van der Waals surface area contributed by atoms with Gasteiger partial charge in [0.05, 0.1) is 29.4 Å². The van der Waals surface area contributed by atoms with Crippen molar-refractivity contribution in [1.82, 2.24) is 9.88 Å². The van der Waals surface area contributed by atoms with Gasteiger partial charge in [0.15, 0.2) is 0 Å². The molecule has 4 N–H and O–H groups in total. The summed E-state index contributed by atoms with van der Waals surface area (Å²) in [6.45, 7) is 0.683. The molecule has 38 heavy (non-hydrogen) atoms. The number of pyridine rings is 1. The van der Waals surface area contributed by atoms with Crippen LogP contribution in [0.15, 0.2) is 79.0 Å². The highest BCUT2D eigenvalue weighted by Gasteiger charge is 2.37. The summed E-state index contributed by atoms with van der Waals surface area (Å²) in [7, 11) is 1.45. The summed E-state index contributed by atoms with van der Waals surface area (Å²) in [5.74, 6) is -2.40. The van der Waals surface area contributed by atoms with E-state index in [1.165, 1.54) is 13.2 Å². The van der Waals surface area contributed by atoms with Crippen molar-refractivity contribution in [2.45, 2.75) is 24.4 Å². The van der Waals surface area contributed by atoms with Crippen LogP contribution < -0.4 is 10.1 Å². The van der Waals surface area contributed by atoms with Crippen molar-refractivity contribution in [3.05, 3.63) is 101 Å². The van der Waals surface area contributed by atoms with Crippen LogP contribution in [0.25, 0.3) is 10.9 Å². The van der Waals surface area contributed by atoms with E-state index in [1.54, 1.807) is 47.5 Å². The second-order valence-electron chi connectivity index (χ2n) is 9.40. The number of nitrogens with one attached hydrogen (secondary N) is 1. The number of methoxy groups -OCH3 is 1. The van der Waals surface area contributed by atoms with Crippen LogP contribution in [0.3, 0.4) is 0 Å². The van der Waals surface area contributed by atoms with Crippen LogP contribution in [-0.4, -0.2) is 51.3 Å². The number of para-hydroxylation sites is 1. The summed E-state index contributed by atoms with van der Waals surface area (Å²) in [6, 6.07) is 20.7. The lowest BCUT2D eigenvalue weighted by Crippen LogP contribution is -2.45. The summed E-state index contributed by atoms with van der Waals surface area (Å²) in [4.78, 5) is 19.3. The Hall–Kier alpha value is -3.69. The van der Waals surface area contributed by atoms with E-state index in [0.717, 1.165) is 5.39 Å². The summed E-state index contributed by atoms with van der Waals surface area (Å²) in [5, 5.41) is 37.0. The Morgan fingerprint density at radius 1 is 1.05 bits per heavy atom. The Balaban J connectivity index is 1.33. The number of carbonyl (C=O) groups excluding carboxylic acids is 1. The van der Waals surface area contributed by atoms with Crippen LogP contribution in [0.4, 0.5) is 5.69 Å². The number of nitrogens with zero attached hydrogens (tertiary/aromatic N) is 2. The zero-order valence-electron chi connectivity index (χ0n) is 20.8. The number of likely N-dealkylation sites (tertiary alicyclic amines) is 1. The normalized spacial score (nSPS) is 15.3. The molecule has 1 aliphatic rings. The fourth-order valence-electron chi connectivity index (χ4n) is 4.96. The van der Waals surface area contributed by atoms with Crippen molar-refractivity contribution in [2.75, 3.05) is 25.5 Å². The number of ether oxygens (including phenoxy) is 1.